The van der Waals surface area contributed by atoms with E-state index in [0.29, 0.717) is 38.1 Å². The lowest BCUT2D eigenvalue weighted by Crippen LogP contribution is -2.37. The molecule has 2 saturated heterocycles. The lowest BCUT2D eigenvalue weighted by atomic mass is 9.72. The van der Waals surface area contributed by atoms with Crippen LogP contribution in [-0.2, 0) is 4.74 Å². The van der Waals surface area contributed by atoms with Crippen molar-refractivity contribution in [3.05, 3.63) is 57.6 Å². The van der Waals surface area contributed by atoms with E-state index >= 15 is 0 Å². The maximum Gasteiger partial charge on any atom is 0.263 e. The summed E-state index contributed by atoms with van der Waals surface area (Å²) in [6.45, 7) is 6.80. The zero-order chi connectivity index (χ0) is 20.7. The summed E-state index contributed by atoms with van der Waals surface area (Å²) in [5.74, 6) is 1.29. The first kappa shape index (κ1) is 19.5. The molecule has 0 aliphatic carbocycles. The number of carbonyl (C=O) groups is 1. The van der Waals surface area contributed by atoms with Crippen LogP contribution in [0.1, 0.15) is 44.8 Å². The van der Waals surface area contributed by atoms with Crippen molar-refractivity contribution in [2.45, 2.75) is 32.6 Å². The summed E-state index contributed by atoms with van der Waals surface area (Å²) in [7, 11) is 0. The molecule has 0 N–H and O–H groups in total. The summed E-state index contributed by atoms with van der Waals surface area (Å²) >= 11 is 1.55. The molecular formula is C23H25N3O3S. The van der Waals surface area contributed by atoms with E-state index in [1.807, 2.05) is 48.2 Å². The second kappa shape index (κ2) is 7.63. The normalized spacial score (nSPS) is 20.7. The van der Waals surface area contributed by atoms with Gasteiger partial charge in [-0.1, -0.05) is 17.7 Å². The number of aromatic nitrogens is 2. The molecule has 156 valence electrons. The van der Waals surface area contributed by atoms with Crippen molar-refractivity contribution in [3.8, 4) is 11.5 Å². The molecule has 7 heteroatoms. The predicted molar refractivity (Wildman–Crippen MR) is 115 cm³/mol. The molecule has 6 nitrogen and oxygen atoms in total. The predicted octanol–water partition coefficient (Wildman–Crippen LogP) is 4.45. The Kier molecular flexibility index (Phi) is 4.95. The van der Waals surface area contributed by atoms with Gasteiger partial charge in [0.05, 0.1) is 10.8 Å². The van der Waals surface area contributed by atoms with Crippen LogP contribution in [0.4, 0.5) is 0 Å². The average molecular weight is 424 g/mol. The maximum absolute atomic E-state index is 13.2. The van der Waals surface area contributed by atoms with E-state index in [2.05, 4.69) is 17.1 Å². The van der Waals surface area contributed by atoms with Crippen molar-refractivity contribution >= 4 is 17.2 Å². The molecule has 1 unspecified atom stereocenters. The van der Waals surface area contributed by atoms with Gasteiger partial charge in [-0.3, -0.25) is 4.79 Å². The molecule has 2 aliphatic rings. The number of carbonyl (C=O) groups excluding carboxylic acids is 1. The van der Waals surface area contributed by atoms with Gasteiger partial charge in [0.15, 0.2) is 0 Å². The number of thiophene rings is 1. The molecule has 0 saturated carbocycles. The van der Waals surface area contributed by atoms with Crippen molar-refractivity contribution in [1.82, 2.24) is 15.1 Å². The van der Waals surface area contributed by atoms with Gasteiger partial charge in [-0.2, -0.15) is 0 Å². The molecule has 5 rings (SSSR count). The molecule has 0 radical (unpaired) electrons. The third-order valence-electron chi connectivity index (χ3n) is 6.41. The minimum atomic E-state index is -0.0721. The molecule has 2 fully saturated rings. The Morgan fingerprint density at radius 1 is 1.10 bits per heavy atom. The Bertz CT molecular complexity index is 1050. The van der Waals surface area contributed by atoms with Crippen LogP contribution in [0, 0.1) is 19.3 Å². The summed E-state index contributed by atoms with van der Waals surface area (Å²) in [4.78, 5) is 17.1. The molecule has 1 atom stereocenters. The van der Waals surface area contributed by atoms with Gasteiger partial charge in [0.1, 0.15) is 0 Å². The lowest BCUT2D eigenvalue weighted by Gasteiger charge is -2.36. The van der Waals surface area contributed by atoms with Crippen molar-refractivity contribution in [3.63, 3.8) is 0 Å². The van der Waals surface area contributed by atoms with Gasteiger partial charge in [0.25, 0.3) is 5.91 Å². The van der Waals surface area contributed by atoms with Crippen molar-refractivity contribution in [1.29, 1.82) is 0 Å². The van der Waals surface area contributed by atoms with E-state index in [1.54, 1.807) is 11.3 Å². The first-order chi connectivity index (χ1) is 14.5. The van der Waals surface area contributed by atoms with Crippen LogP contribution in [0.15, 0.2) is 40.8 Å². The number of ether oxygens (including phenoxy) is 1. The Labute approximate surface area is 179 Å². The quantitative estimate of drug-likeness (QED) is 0.622. The van der Waals surface area contributed by atoms with E-state index in [4.69, 9.17) is 9.15 Å². The van der Waals surface area contributed by atoms with Crippen LogP contribution in [0.3, 0.4) is 0 Å². The number of benzene rings is 1. The molecule has 1 amide bonds. The SMILES string of the molecule is Cc1ccc(-c2nnc(C3CN(C(=O)c4ccc(C)s4)CC34CCOCC4)o2)cc1. The van der Waals surface area contributed by atoms with Crippen LogP contribution in [0.5, 0.6) is 0 Å². The van der Waals surface area contributed by atoms with E-state index in [-0.39, 0.29) is 17.2 Å². The van der Waals surface area contributed by atoms with Gasteiger partial charge in [-0.25, -0.2) is 0 Å². The molecule has 3 aromatic rings. The van der Waals surface area contributed by atoms with Gasteiger partial charge < -0.3 is 14.1 Å². The van der Waals surface area contributed by atoms with Crippen LogP contribution in [-0.4, -0.2) is 47.3 Å². The van der Waals surface area contributed by atoms with Gasteiger partial charge in [-0.05, 0) is 51.0 Å². The fourth-order valence-corrected chi connectivity index (χ4v) is 5.48. The third-order valence-corrected chi connectivity index (χ3v) is 7.40. The minimum Gasteiger partial charge on any atom is -0.420 e. The van der Waals surface area contributed by atoms with Crippen molar-refractivity contribution in [2.24, 2.45) is 5.41 Å². The fourth-order valence-electron chi connectivity index (χ4n) is 4.64. The number of amides is 1. The Hall–Kier alpha value is -2.51. The van der Waals surface area contributed by atoms with E-state index in [0.717, 1.165) is 28.2 Å². The second-order valence-electron chi connectivity index (χ2n) is 8.43. The van der Waals surface area contributed by atoms with Crippen LogP contribution < -0.4 is 0 Å². The molecule has 30 heavy (non-hydrogen) atoms. The lowest BCUT2D eigenvalue weighted by molar-refractivity contribution is 0.00911. The summed E-state index contributed by atoms with van der Waals surface area (Å²) in [5, 5.41) is 8.75. The highest BCUT2D eigenvalue weighted by molar-refractivity contribution is 7.13. The fraction of sp³-hybridized carbons (Fsp3) is 0.435. The van der Waals surface area contributed by atoms with E-state index in [1.165, 1.54) is 5.56 Å². The van der Waals surface area contributed by atoms with Crippen molar-refractivity contribution < 1.29 is 13.9 Å². The number of hydrogen-bond donors (Lipinski definition) is 0. The highest BCUT2D eigenvalue weighted by Crippen LogP contribution is 2.49. The van der Waals surface area contributed by atoms with Gasteiger partial charge >= 0.3 is 0 Å². The maximum atomic E-state index is 13.2. The van der Waals surface area contributed by atoms with Crippen molar-refractivity contribution in [2.75, 3.05) is 26.3 Å². The number of rotatable bonds is 3. The zero-order valence-electron chi connectivity index (χ0n) is 17.3. The molecule has 1 spiro atoms. The topological polar surface area (TPSA) is 68.5 Å². The standard InChI is InChI=1S/C23H25N3O3S/c1-15-3-6-17(7-4-15)20-24-25-21(29-20)18-13-26(14-23(18)9-11-28-12-10-23)22(27)19-8-5-16(2)30-19/h3-8,18H,9-14H2,1-2H3. The molecule has 0 bridgehead atoms. The Morgan fingerprint density at radius 3 is 2.57 bits per heavy atom. The van der Waals surface area contributed by atoms with Gasteiger partial charge in [0.2, 0.25) is 11.8 Å². The second-order valence-corrected chi connectivity index (χ2v) is 9.72. The molecular weight excluding hydrogens is 398 g/mol. The highest BCUT2D eigenvalue weighted by atomic mass is 32.1. The number of nitrogens with zero attached hydrogens (tertiary/aromatic N) is 3. The monoisotopic (exact) mass is 423 g/mol. The number of aryl methyl sites for hydroxylation is 2. The van der Waals surface area contributed by atoms with Gasteiger partial charge in [0, 0.05) is 42.2 Å². The Morgan fingerprint density at radius 2 is 1.87 bits per heavy atom. The van der Waals surface area contributed by atoms with Crippen LogP contribution in [0.25, 0.3) is 11.5 Å². The number of likely N-dealkylation sites (tertiary alicyclic amines) is 1. The molecule has 2 aliphatic heterocycles. The van der Waals surface area contributed by atoms with E-state index in [9.17, 15) is 4.79 Å². The molecule has 2 aromatic heterocycles. The number of hydrogen-bond acceptors (Lipinski definition) is 6. The first-order valence-electron chi connectivity index (χ1n) is 10.4. The minimum absolute atomic E-state index is 0.0260. The summed E-state index contributed by atoms with van der Waals surface area (Å²) in [6.07, 6.45) is 1.79. The van der Waals surface area contributed by atoms with Gasteiger partial charge in [-0.15, -0.1) is 21.5 Å². The smallest absolute Gasteiger partial charge is 0.263 e. The van der Waals surface area contributed by atoms with Crippen LogP contribution >= 0.6 is 11.3 Å². The summed E-state index contributed by atoms with van der Waals surface area (Å²) in [5.41, 5.74) is 2.03. The summed E-state index contributed by atoms with van der Waals surface area (Å²) < 4.78 is 11.8. The summed E-state index contributed by atoms with van der Waals surface area (Å²) in [6, 6.07) is 12.0. The van der Waals surface area contributed by atoms with E-state index < -0.39 is 0 Å². The zero-order valence-corrected chi connectivity index (χ0v) is 18.1. The molecule has 4 heterocycles. The van der Waals surface area contributed by atoms with Crippen LogP contribution in [0.2, 0.25) is 0 Å². The molecule has 1 aromatic carbocycles. The Balaban J connectivity index is 1.45. The largest absolute Gasteiger partial charge is 0.420 e. The average Bonchev–Trinajstić information content (AvgIpc) is 3.48. The highest BCUT2D eigenvalue weighted by Gasteiger charge is 2.51. The first-order valence-corrected chi connectivity index (χ1v) is 11.2. The third kappa shape index (κ3) is 3.46.